The summed E-state index contributed by atoms with van der Waals surface area (Å²) in [5.74, 6) is 0.786. The molecule has 1 N–H and O–H groups in total. The molecule has 1 aromatic heterocycles. The number of rotatable bonds is 7. The first kappa shape index (κ1) is 26.8. The van der Waals surface area contributed by atoms with Gasteiger partial charge in [-0.25, -0.2) is 4.99 Å². The van der Waals surface area contributed by atoms with E-state index >= 15 is 0 Å². The zero-order valence-electron chi connectivity index (χ0n) is 19.8. The molecule has 0 atom stereocenters. The van der Waals surface area contributed by atoms with Gasteiger partial charge in [0.15, 0.2) is 0 Å². The van der Waals surface area contributed by atoms with Crippen molar-refractivity contribution in [1.29, 1.82) is 0 Å². The van der Waals surface area contributed by atoms with Crippen LogP contribution in [0.2, 0.25) is 0 Å². The lowest BCUT2D eigenvalue weighted by Crippen LogP contribution is -2.14. The summed E-state index contributed by atoms with van der Waals surface area (Å²) >= 11 is 9.74. The van der Waals surface area contributed by atoms with Crippen molar-refractivity contribution in [3.05, 3.63) is 105 Å². The number of hydrogen-bond acceptors (Lipinski definition) is 4. The monoisotopic (exact) mass is 796 g/mol. The van der Waals surface area contributed by atoms with Crippen LogP contribution in [0.25, 0.3) is 0 Å². The average molecular weight is 797 g/mol. The van der Waals surface area contributed by atoms with E-state index in [0.717, 1.165) is 76.0 Å². The highest BCUT2D eigenvalue weighted by Gasteiger charge is 2.25. The van der Waals surface area contributed by atoms with E-state index in [4.69, 9.17) is 9.73 Å². The van der Waals surface area contributed by atoms with Gasteiger partial charge in [-0.1, -0.05) is 46.3 Å². The zero-order chi connectivity index (χ0) is 25.8. The van der Waals surface area contributed by atoms with Gasteiger partial charge in [0.1, 0.15) is 17.4 Å². The second-order valence-electron chi connectivity index (χ2n) is 8.70. The number of aryl methyl sites for hydroxylation is 1. The largest absolute Gasteiger partial charge is 0.487 e. The third-order valence-electron chi connectivity index (χ3n) is 6.06. The third kappa shape index (κ3) is 6.63. The number of nitrogens with zero attached hydrogens (tertiary/aromatic N) is 1. The summed E-state index contributed by atoms with van der Waals surface area (Å²) in [5.41, 5.74) is 4.77. The van der Waals surface area contributed by atoms with Crippen LogP contribution in [-0.4, -0.2) is 12.1 Å². The van der Waals surface area contributed by atoms with Gasteiger partial charge in [0, 0.05) is 21.3 Å². The fourth-order valence-electron chi connectivity index (χ4n) is 4.25. The van der Waals surface area contributed by atoms with Crippen LogP contribution < -0.4 is 10.1 Å². The van der Waals surface area contributed by atoms with Crippen LogP contribution in [0.15, 0.2) is 76.2 Å². The number of fused-ring (bicyclic) bond motifs is 1. The second kappa shape index (κ2) is 12.4. The van der Waals surface area contributed by atoms with E-state index in [2.05, 4.69) is 90.7 Å². The van der Waals surface area contributed by atoms with Crippen molar-refractivity contribution < 1.29 is 9.53 Å². The number of hydrogen-bond donors (Lipinski definition) is 1. The van der Waals surface area contributed by atoms with Crippen molar-refractivity contribution in [1.82, 2.24) is 0 Å². The molecule has 0 saturated carbocycles. The van der Waals surface area contributed by atoms with E-state index in [1.54, 1.807) is 11.3 Å². The number of aliphatic imine (C=N–C) groups is 1. The van der Waals surface area contributed by atoms with Gasteiger partial charge in [-0.2, -0.15) is 0 Å². The Bertz CT molecular complexity index is 1430. The molecule has 0 saturated heterocycles. The summed E-state index contributed by atoms with van der Waals surface area (Å²) in [6, 6.07) is 21.9. The molecule has 0 spiro atoms. The van der Waals surface area contributed by atoms with Crippen molar-refractivity contribution in [2.45, 2.75) is 32.3 Å². The Labute approximate surface area is 256 Å². The molecule has 3 aromatic carbocycles. The number of para-hydroxylation sites is 1. The predicted octanol–water partition coefficient (Wildman–Crippen LogP) is 9.18. The maximum Gasteiger partial charge on any atom is 0.259 e. The molecule has 1 aliphatic rings. The Morgan fingerprint density at radius 2 is 1.73 bits per heavy atom. The molecule has 37 heavy (non-hydrogen) atoms. The first-order valence-corrected chi connectivity index (χ1v) is 15.7. The van der Waals surface area contributed by atoms with Crippen LogP contribution in [0.5, 0.6) is 5.75 Å². The lowest BCUT2D eigenvalue weighted by Gasteiger charge is -2.13. The summed E-state index contributed by atoms with van der Waals surface area (Å²) in [7, 11) is 0. The molecule has 0 radical (unpaired) electrons. The van der Waals surface area contributed by atoms with E-state index in [9.17, 15) is 4.79 Å². The smallest absolute Gasteiger partial charge is 0.259 e. The fraction of sp³-hybridized carbons (Fsp3) is 0.172. The molecule has 1 amide bonds. The number of benzene rings is 3. The van der Waals surface area contributed by atoms with E-state index in [1.807, 2.05) is 48.7 Å². The number of halogens is 3. The molecule has 0 unspecified atom stereocenters. The summed E-state index contributed by atoms with van der Waals surface area (Å²) in [6.45, 7) is 0.507. The first-order valence-electron chi connectivity index (χ1n) is 11.9. The van der Waals surface area contributed by atoms with E-state index in [0.29, 0.717) is 6.61 Å². The Morgan fingerprint density at radius 3 is 2.46 bits per heavy atom. The van der Waals surface area contributed by atoms with Crippen LogP contribution in [0.3, 0.4) is 0 Å². The molecule has 5 rings (SSSR count). The minimum atomic E-state index is -0.0846. The van der Waals surface area contributed by atoms with Gasteiger partial charge in [-0.15, -0.1) is 11.3 Å². The SMILES string of the molecule is O=C(Nc1ccccc1)c1c(N=Cc2cc(I)c(OCc3ccc(Br)cc3)c(I)c2)sc2c1CCCC2. The Balaban J connectivity index is 1.38. The molecule has 4 aromatic rings. The number of carbonyl (C=O) groups excluding carboxylic acids is 1. The van der Waals surface area contributed by atoms with Crippen molar-refractivity contribution in [3.8, 4) is 5.75 Å². The van der Waals surface area contributed by atoms with Gasteiger partial charge in [-0.05, 0) is 124 Å². The molecular formula is C29H23BrI2N2O2S. The molecule has 1 heterocycles. The van der Waals surface area contributed by atoms with Crippen molar-refractivity contribution in [2.75, 3.05) is 5.32 Å². The Hall–Kier alpha value is -1.76. The normalized spacial score (nSPS) is 12.9. The molecular weight excluding hydrogens is 774 g/mol. The van der Waals surface area contributed by atoms with E-state index < -0.39 is 0 Å². The second-order valence-corrected chi connectivity index (χ2v) is 13.0. The fourth-order valence-corrected chi connectivity index (χ4v) is 7.88. The number of ether oxygens (including phenoxy) is 1. The third-order valence-corrected chi connectivity index (χ3v) is 9.39. The standard InChI is InChI=1S/C29H23BrI2N2O2S/c30-20-12-10-18(11-13-20)17-36-27-23(31)14-19(15-24(27)32)16-33-29-26(22-8-4-5-9-25(22)37-29)28(35)34-21-6-2-1-3-7-21/h1-3,6-7,10-16H,4-5,8-9,17H2,(H,34,35). The highest BCUT2D eigenvalue weighted by atomic mass is 127. The molecule has 0 fully saturated rings. The molecule has 1 aliphatic carbocycles. The quantitative estimate of drug-likeness (QED) is 0.150. The molecule has 0 bridgehead atoms. The van der Waals surface area contributed by atoms with Crippen LogP contribution in [0.4, 0.5) is 10.7 Å². The topological polar surface area (TPSA) is 50.7 Å². The number of anilines is 1. The minimum Gasteiger partial charge on any atom is -0.487 e. The van der Waals surface area contributed by atoms with Gasteiger partial charge in [0.05, 0.1) is 12.7 Å². The molecule has 0 aliphatic heterocycles. The molecule has 8 heteroatoms. The predicted molar refractivity (Wildman–Crippen MR) is 173 cm³/mol. The summed E-state index contributed by atoms with van der Waals surface area (Å²) in [5, 5.41) is 3.84. The lowest BCUT2D eigenvalue weighted by atomic mass is 9.95. The summed E-state index contributed by atoms with van der Waals surface area (Å²) < 4.78 is 9.25. The lowest BCUT2D eigenvalue weighted by molar-refractivity contribution is 0.102. The Morgan fingerprint density at radius 1 is 1.03 bits per heavy atom. The molecule has 188 valence electrons. The van der Waals surface area contributed by atoms with Crippen LogP contribution in [-0.2, 0) is 19.4 Å². The van der Waals surface area contributed by atoms with Crippen LogP contribution in [0.1, 0.15) is 44.8 Å². The molecule has 4 nitrogen and oxygen atoms in total. The van der Waals surface area contributed by atoms with Crippen LogP contribution in [0, 0.1) is 7.14 Å². The number of thiophene rings is 1. The van der Waals surface area contributed by atoms with E-state index in [1.165, 1.54) is 4.88 Å². The van der Waals surface area contributed by atoms with Gasteiger partial charge >= 0.3 is 0 Å². The van der Waals surface area contributed by atoms with Gasteiger partial charge in [0.25, 0.3) is 5.91 Å². The van der Waals surface area contributed by atoms with Gasteiger partial charge in [-0.3, -0.25) is 4.79 Å². The summed E-state index contributed by atoms with van der Waals surface area (Å²) in [6.07, 6.45) is 6.07. The average Bonchev–Trinajstić information content (AvgIpc) is 3.27. The van der Waals surface area contributed by atoms with Crippen molar-refractivity contribution in [3.63, 3.8) is 0 Å². The number of nitrogens with one attached hydrogen (secondary N) is 1. The maximum atomic E-state index is 13.3. The number of amides is 1. The van der Waals surface area contributed by atoms with Crippen molar-refractivity contribution in [2.24, 2.45) is 4.99 Å². The van der Waals surface area contributed by atoms with Crippen molar-refractivity contribution >= 4 is 95.3 Å². The highest BCUT2D eigenvalue weighted by molar-refractivity contribution is 14.1. The van der Waals surface area contributed by atoms with Crippen LogP contribution >= 0.6 is 72.4 Å². The maximum absolute atomic E-state index is 13.3. The number of carbonyl (C=O) groups is 1. The van der Waals surface area contributed by atoms with Gasteiger partial charge < -0.3 is 10.1 Å². The minimum absolute atomic E-state index is 0.0846. The first-order chi connectivity index (χ1) is 18.0. The van der Waals surface area contributed by atoms with E-state index in [-0.39, 0.29) is 5.91 Å². The Kier molecular flexibility index (Phi) is 8.99. The zero-order valence-corrected chi connectivity index (χ0v) is 26.5. The summed E-state index contributed by atoms with van der Waals surface area (Å²) in [4.78, 5) is 19.5. The highest BCUT2D eigenvalue weighted by Crippen LogP contribution is 2.40. The van der Waals surface area contributed by atoms with Gasteiger partial charge in [0.2, 0.25) is 0 Å².